The van der Waals surface area contributed by atoms with Gasteiger partial charge in [0.15, 0.2) is 5.78 Å². The normalized spacial score (nSPS) is 20.3. The van der Waals surface area contributed by atoms with Crippen molar-refractivity contribution >= 4 is 17.1 Å². The summed E-state index contributed by atoms with van der Waals surface area (Å²) in [5, 5.41) is 0. The first-order valence-corrected chi connectivity index (χ1v) is 7.89. The SMILES string of the molecule is CCc1ccc(C(=O)CN(C)CC2CCN(C)C2)s1. The van der Waals surface area contributed by atoms with Crippen LogP contribution in [0.3, 0.4) is 0 Å². The van der Waals surface area contributed by atoms with Crippen molar-refractivity contribution in [3.05, 3.63) is 21.9 Å². The van der Waals surface area contributed by atoms with E-state index in [0.717, 1.165) is 30.3 Å². The Kier molecular flexibility index (Phi) is 5.13. The summed E-state index contributed by atoms with van der Waals surface area (Å²) in [4.78, 5) is 18.9. The van der Waals surface area contributed by atoms with Crippen molar-refractivity contribution in [1.29, 1.82) is 0 Å². The van der Waals surface area contributed by atoms with E-state index in [9.17, 15) is 4.79 Å². The Bertz CT molecular complexity index is 430. The van der Waals surface area contributed by atoms with E-state index in [-0.39, 0.29) is 5.78 Å². The minimum Gasteiger partial charge on any atom is -0.306 e. The van der Waals surface area contributed by atoms with Gasteiger partial charge in [-0.15, -0.1) is 11.3 Å². The summed E-state index contributed by atoms with van der Waals surface area (Å²) < 4.78 is 0. The van der Waals surface area contributed by atoms with Gasteiger partial charge in [-0.3, -0.25) is 9.69 Å². The number of nitrogens with zero attached hydrogens (tertiary/aromatic N) is 2. The fourth-order valence-corrected chi connectivity index (χ4v) is 3.60. The highest BCUT2D eigenvalue weighted by atomic mass is 32.1. The van der Waals surface area contributed by atoms with Crippen molar-refractivity contribution in [2.75, 3.05) is 40.3 Å². The van der Waals surface area contributed by atoms with Crippen LogP contribution in [0, 0.1) is 5.92 Å². The second-order valence-electron chi connectivity index (χ2n) is 5.66. The molecule has 0 radical (unpaired) electrons. The number of Topliss-reactive ketones (excluding diaryl/α,β-unsaturated/α-hetero) is 1. The molecule has 1 unspecified atom stereocenters. The molecule has 2 heterocycles. The van der Waals surface area contributed by atoms with Crippen LogP contribution in [0.2, 0.25) is 0 Å². The Morgan fingerprint density at radius 1 is 1.53 bits per heavy atom. The second kappa shape index (κ2) is 6.64. The summed E-state index contributed by atoms with van der Waals surface area (Å²) in [6.45, 7) is 6.06. The third-order valence-electron chi connectivity index (χ3n) is 3.76. The Morgan fingerprint density at radius 2 is 2.32 bits per heavy atom. The number of rotatable bonds is 6. The molecular weight excluding hydrogens is 256 g/mol. The molecule has 3 nitrogen and oxygen atoms in total. The molecule has 2 rings (SSSR count). The van der Waals surface area contributed by atoms with E-state index in [1.54, 1.807) is 11.3 Å². The lowest BCUT2D eigenvalue weighted by Crippen LogP contribution is -2.31. The predicted molar refractivity (Wildman–Crippen MR) is 81.1 cm³/mol. The Morgan fingerprint density at radius 3 is 2.89 bits per heavy atom. The lowest BCUT2D eigenvalue weighted by Gasteiger charge is -2.19. The summed E-state index contributed by atoms with van der Waals surface area (Å²) >= 11 is 1.64. The average molecular weight is 280 g/mol. The van der Waals surface area contributed by atoms with Crippen molar-refractivity contribution in [2.45, 2.75) is 19.8 Å². The average Bonchev–Trinajstić information content (AvgIpc) is 2.98. The van der Waals surface area contributed by atoms with Crippen LogP contribution in [-0.2, 0) is 6.42 Å². The number of ketones is 1. The van der Waals surface area contributed by atoms with Crippen LogP contribution in [-0.4, -0.2) is 55.9 Å². The fraction of sp³-hybridized carbons (Fsp3) is 0.667. The first kappa shape index (κ1) is 14.7. The Balaban J connectivity index is 1.81. The molecule has 0 spiro atoms. The predicted octanol–water partition coefficient (Wildman–Crippen LogP) is 2.38. The van der Waals surface area contributed by atoms with Crippen LogP contribution >= 0.6 is 11.3 Å². The topological polar surface area (TPSA) is 23.6 Å². The molecule has 0 saturated carbocycles. The van der Waals surface area contributed by atoms with Crippen molar-refractivity contribution in [3.8, 4) is 0 Å². The largest absolute Gasteiger partial charge is 0.306 e. The molecule has 1 aromatic heterocycles. The number of carbonyl (C=O) groups is 1. The molecule has 19 heavy (non-hydrogen) atoms. The standard InChI is InChI=1S/C15H24N2OS/c1-4-13-5-6-15(19-13)14(18)11-17(3)10-12-7-8-16(2)9-12/h5-6,12H,4,7-11H2,1-3H3. The minimum atomic E-state index is 0.263. The Labute approximate surface area is 120 Å². The molecule has 0 amide bonds. The summed E-state index contributed by atoms with van der Waals surface area (Å²) in [6, 6.07) is 4.05. The minimum absolute atomic E-state index is 0.263. The van der Waals surface area contributed by atoms with E-state index < -0.39 is 0 Å². The molecule has 1 aliphatic rings. The van der Waals surface area contributed by atoms with E-state index in [4.69, 9.17) is 0 Å². The lowest BCUT2D eigenvalue weighted by molar-refractivity contribution is 0.0942. The number of carbonyl (C=O) groups excluding carboxylic acids is 1. The van der Waals surface area contributed by atoms with Gasteiger partial charge < -0.3 is 4.90 Å². The van der Waals surface area contributed by atoms with Gasteiger partial charge in [-0.1, -0.05) is 6.92 Å². The van der Waals surface area contributed by atoms with Gasteiger partial charge in [0.05, 0.1) is 11.4 Å². The molecule has 1 aliphatic heterocycles. The van der Waals surface area contributed by atoms with Gasteiger partial charge in [0.1, 0.15) is 0 Å². The highest BCUT2D eigenvalue weighted by Gasteiger charge is 2.21. The molecular formula is C15H24N2OS. The molecule has 1 saturated heterocycles. The van der Waals surface area contributed by atoms with E-state index in [1.165, 1.54) is 17.8 Å². The van der Waals surface area contributed by atoms with E-state index >= 15 is 0 Å². The highest BCUT2D eigenvalue weighted by Crippen LogP contribution is 2.19. The number of thiophene rings is 1. The number of likely N-dealkylation sites (tertiary alicyclic amines) is 1. The molecule has 1 fully saturated rings. The molecule has 1 atom stereocenters. The smallest absolute Gasteiger partial charge is 0.186 e. The monoisotopic (exact) mass is 280 g/mol. The van der Waals surface area contributed by atoms with Crippen LogP contribution in [0.25, 0.3) is 0 Å². The maximum absolute atomic E-state index is 12.2. The van der Waals surface area contributed by atoms with Gasteiger partial charge in [-0.25, -0.2) is 0 Å². The van der Waals surface area contributed by atoms with E-state index in [2.05, 4.69) is 36.9 Å². The molecule has 0 N–H and O–H groups in total. The van der Waals surface area contributed by atoms with Gasteiger partial charge >= 0.3 is 0 Å². The van der Waals surface area contributed by atoms with Crippen LogP contribution in [0.1, 0.15) is 27.9 Å². The molecule has 106 valence electrons. The van der Waals surface area contributed by atoms with E-state index in [1.807, 2.05) is 6.07 Å². The maximum atomic E-state index is 12.2. The summed E-state index contributed by atoms with van der Waals surface area (Å²) in [6.07, 6.45) is 2.27. The third kappa shape index (κ3) is 4.13. The number of hydrogen-bond acceptors (Lipinski definition) is 4. The van der Waals surface area contributed by atoms with Crippen molar-refractivity contribution < 1.29 is 4.79 Å². The summed E-state index contributed by atoms with van der Waals surface area (Å²) in [5.74, 6) is 0.982. The van der Waals surface area contributed by atoms with Crippen LogP contribution in [0.5, 0.6) is 0 Å². The first-order valence-electron chi connectivity index (χ1n) is 7.07. The molecule has 4 heteroatoms. The summed E-state index contributed by atoms with van der Waals surface area (Å²) in [5.41, 5.74) is 0. The molecule has 0 aromatic carbocycles. The van der Waals surface area contributed by atoms with Gasteiger partial charge in [0.2, 0.25) is 0 Å². The van der Waals surface area contributed by atoms with E-state index in [0.29, 0.717) is 6.54 Å². The van der Waals surface area contributed by atoms with Gasteiger partial charge in [0, 0.05) is 18.0 Å². The van der Waals surface area contributed by atoms with Gasteiger partial charge in [-0.2, -0.15) is 0 Å². The van der Waals surface area contributed by atoms with Crippen molar-refractivity contribution in [1.82, 2.24) is 9.80 Å². The van der Waals surface area contributed by atoms with Gasteiger partial charge in [0.25, 0.3) is 0 Å². The van der Waals surface area contributed by atoms with Crippen molar-refractivity contribution in [3.63, 3.8) is 0 Å². The van der Waals surface area contributed by atoms with Crippen LogP contribution in [0.4, 0.5) is 0 Å². The number of hydrogen-bond donors (Lipinski definition) is 0. The fourth-order valence-electron chi connectivity index (χ4n) is 2.72. The molecule has 1 aromatic rings. The van der Waals surface area contributed by atoms with Gasteiger partial charge in [-0.05, 0) is 51.5 Å². The maximum Gasteiger partial charge on any atom is 0.186 e. The molecule has 0 aliphatic carbocycles. The third-order valence-corrected chi connectivity index (χ3v) is 5.03. The van der Waals surface area contributed by atoms with Crippen molar-refractivity contribution in [2.24, 2.45) is 5.92 Å². The number of likely N-dealkylation sites (N-methyl/N-ethyl adjacent to an activating group) is 1. The Hall–Kier alpha value is -0.710. The second-order valence-corrected chi connectivity index (χ2v) is 6.82. The zero-order valence-electron chi connectivity index (χ0n) is 12.2. The summed E-state index contributed by atoms with van der Waals surface area (Å²) in [7, 11) is 4.23. The number of aryl methyl sites for hydroxylation is 1. The highest BCUT2D eigenvalue weighted by molar-refractivity contribution is 7.14. The van der Waals surface area contributed by atoms with Crippen LogP contribution in [0.15, 0.2) is 12.1 Å². The quantitative estimate of drug-likeness (QED) is 0.748. The zero-order chi connectivity index (χ0) is 13.8. The zero-order valence-corrected chi connectivity index (χ0v) is 13.0. The molecule has 0 bridgehead atoms. The van der Waals surface area contributed by atoms with Crippen LogP contribution < -0.4 is 0 Å². The first-order chi connectivity index (χ1) is 9.08. The lowest BCUT2D eigenvalue weighted by atomic mass is 10.1.